The molecular formula is C21H17F6INO4-. The third kappa shape index (κ3) is 4.34. The van der Waals surface area contributed by atoms with Gasteiger partial charge in [0.1, 0.15) is 0 Å². The predicted octanol–water partition coefficient (Wildman–Crippen LogP) is 1.60. The van der Waals surface area contributed by atoms with E-state index in [2.05, 4.69) is 0 Å². The number of anilines is 1. The van der Waals surface area contributed by atoms with E-state index in [4.69, 9.17) is 6.13 Å². The molecule has 2 aliphatic heterocycles. The van der Waals surface area contributed by atoms with E-state index in [0.717, 1.165) is 6.07 Å². The topological polar surface area (TPSA) is 59.0 Å². The third-order valence-corrected chi connectivity index (χ3v) is 6.89. The van der Waals surface area contributed by atoms with Gasteiger partial charge in [0, 0.05) is 0 Å². The van der Waals surface area contributed by atoms with E-state index in [0.29, 0.717) is 42.0 Å². The summed E-state index contributed by atoms with van der Waals surface area (Å²) >= 11 is -0.879. The van der Waals surface area contributed by atoms with Crippen molar-refractivity contribution in [3.8, 4) is 11.5 Å². The fourth-order valence-electron chi connectivity index (χ4n) is 3.87. The number of amides is 1. The molecule has 0 fully saturated rings. The first-order valence-corrected chi connectivity index (χ1v) is 11.6. The Balaban J connectivity index is 1.66. The molecule has 2 heterocycles. The Bertz CT molecular complexity index is 1060. The van der Waals surface area contributed by atoms with Crippen molar-refractivity contribution in [3.05, 3.63) is 53.1 Å². The summed E-state index contributed by atoms with van der Waals surface area (Å²) in [7, 11) is 0. The molecule has 12 heteroatoms. The molecule has 0 aromatic heterocycles. The summed E-state index contributed by atoms with van der Waals surface area (Å²) < 4.78 is 90.5. The van der Waals surface area contributed by atoms with Gasteiger partial charge in [0.25, 0.3) is 0 Å². The van der Waals surface area contributed by atoms with Crippen LogP contribution in [-0.2, 0) is 23.2 Å². The molecule has 33 heavy (non-hydrogen) atoms. The molecule has 4 rings (SSSR count). The van der Waals surface area contributed by atoms with Crippen molar-refractivity contribution in [2.75, 3.05) is 11.4 Å². The van der Waals surface area contributed by atoms with Gasteiger partial charge in [-0.2, -0.15) is 26.3 Å². The minimum atomic E-state index is -5.97. The summed E-state index contributed by atoms with van der Waals surface area (Å²) in [4.78, 5) is 14.4. The Hall–Kier alpha value is -2.22. The molecule has 0 radical (unpaired) electrons. The second-order valence-electron chi connectivity index (χ2n) is 7.73. The number of fused-ring (bicyclic) bond motifs is 2. The molecule has 0 bridgehead atoms. The summed E-state index contributed by atoms with van der Waals surface area (Å²) in [5, 5.41) is 9.72. The number of carbonyl (C=O) groups is 1. The van der Waals surface area contributed by atoms with E-state index in [9.17, 15) is 36.2 Å². The van der Waals surface area contributed by atoms with Gasteiger partial charge >= 0.3 is 164 Å². The van der Waals surface area contributed by atoms with Gasteiger partial charge in [-0.1, -0.05) is 0 Å². The number of nitrogens with zero attached hydrogens (tertiary/aromatic N) is 1. The molecule has 5 nitrogen and oxygen atoms in total. The average molecular weight is 588 g/mol. The zero-order valence-electron chi connectivity index (χ0n) is 16.8. The Labute approximate surface area is 195 Å². The van der Waals surface area contributed by atoms with Crippen LogP contribution in [0.25, 0.3) is 0 Å². The van der Waals surface area contributed by atoms with Crippen molar-refractivity contribution in [2.24, 2.45) is 0 Å². The summed E-state index contributed by atoms with van der Waals surface area (Å²) in [6.45, 7) is 0.268. The molecular weight excluding hydrogens is 571 g/mol. The van der Waals surface area contributed by atoms with E-state index in [1.807, 2.05) is 0 Å². The van der Waals surface area contributed by atoms with Crippen LogP contribution in [0.15, 0.2) is 36.4 Å². The first-order chi connectivity index (χ1) is 15.4. The van der Waals surface area contributed by atoms with E-state index in [-0.39, 0.29) is 36.5 Å². The number of aryl methyl sites for hydroxylation is 1. The fraction of sp³-hybridized carbons (Fsp3) is 0.381. The van der Waals surface area contributed by atoms with Crippen molar-refractivity contribution in [1.82, 2.24) is 0 Å². The maximum atomic E-state index is 13.3. The van der Waals surface area contributed by atoms with Crippen LogP contribution in [-0.4, -0.2) is 29.9 Å². The van der Waals surface area contributed by atoms with E-state index >= 15 is 0 Å². The van der Waals surface area contributed by atoms with Crippen molar-refractivity contribution < 1.29 is 64.4 Å². The fourth-order valence-corrected chi connectivity index (χ4v) is 5.05. The molecule has 0 atom stereocenters. The number of benzene rings is 2. The second kappa shape index (κ2) is 8.53. The molecule has 0 unspecified atom stereocenters. The van der Waals surface area contributed by atoms with E-state index < -0.39 is 45.6 Å². The number of aliphatic hydroxyl groups is 1. The summed E-state index contributed by atoms with van der Waals surface area (Å²) in [6.07, 6.45) is -10.8. The van der Waals surface area contributed by atoms with E-state index in [1.165, 1.54) is 4.90 Å². The van der Waals surface area contributed by atoms with Crippen molar-refractivity contribution in [1.29, 1.82) is 0 Å². The van der Waals surface area contributed by atoms with Crippen molar-refractivity contribution in [3.63, 3.8) is 0 Å². The third-order valence-electron chi connectivity index (χ3n) is 5.58. The van der Waals surface area contributed by atoms with Crippen LogP contribution in [0.4, 0.5) is 32.0 Å². The molecule has 0 aliphatic carbocycles. The first-order valence-electron chi connectivity index (χ1n) is 9.83. The number of carbonyl (C=O) groups excluding carboxylic acids is 1. The van der Waals surface area contributed by atoms with Crippen LogP contribution in [0, 0.1) is 0 Å². The average Bonchev–Trinajstić information content (AvgIpc) is 3.09. The van der Waals surface area contributed by atoms with Crippen molar-refractivity contribution in [2.45, 2.75) is 43.6 Å². The monoisotopic (exact) mass is 588 g/mol. The number of hydrogen-bond donors (Lipinski definition) is 1. The van der Waals surface area contributed by atoms with Crippen molar-refractivity contribution >= 4 is 11.6 Å². The van der Waals surface area contributed by atoms with Crippen LogP contribution < -0.4 is 33.1 Å². The minimum absolute atomic E-state index is 0.0365. The predicted molar refractivity (Wildman–Crippen MR) is 99.1 cm³/mol. The van der Waals surface area contributed by atoms with Gasteiger partial charge in [0.2, 0.25) is 0 Å². The SMILES string of the molecule is O=C(Cc1ccc2c(c1)O[I-]O2)N1CCCCc2cc(C(O)(C(F)(F)F)C(F)(F)F)ccc21. The molecule has 0 saturated carbocycles. The molecule has 2 aromatic rings. The van der Waals surface area contributed by atoms with Gasteiger partial charge in [0.15, 0.2) is 0 Å². The summed E-state index contributed by atoms with van der Waals surface area (Å²) in [6, 6.07) is 7.38. The number of alkyl halides is 6. The zero-order valence-corrected chi connectivity index (χ0v) is 18.9. The molecule has 2 aromatic carbocycles. The Kier molecular flexibility index (Phi) is 6.18. The van der Waals surface area contributed by atoms with Gasteiger partial charge in [-0.15, -0.1) is 0 Å². The Morgan fingerprint density at radius 2 is 1.67 bits per heavy atom. The molecule has 1 N–H and O–H groups in total. The first kappa shape index (κ1) is 23.9. The normalized spacial score (nSPS) is 16.6. The number of rotatable bonds is 3. The Morgan fingerprint density at radius 3 is 2.36 bits per heavy atom. The quantitative estimate of drug-likeness (QED) is 0.438. The standard InChI is InChI=1S/C21H17F6INO4/c22-20(23,24)19(31,21(25,26)27)14-5-6-15-13(11-14)3-1-2-8-29(15)18(30)10-12-4-7-16-17(9-12)33-28-32-16/h4-7,9,11,31H,1-3,8,10H2/q-1. The Morgan fingerprint density at radius 1 is 0.970 bits per heavy atom. The second-order valence-corrected chi connectivity index (χ2v) is 8.97. The van der Waals surface area contributed by atoms with Crippen LogP contribution in [0.5, 0.6) is 11.5 Å². The van der Waals surface area contributed by atoms with E-state index in [1.54, 1.807) is 18.2 Å². The van der Waals surface area contributed by atoms with Gasteiger partial charge < -0.3 is 5.11 Å². The van der Waals surface area contributed by atoms with Crippen LogP contribution >= 0.6 is 0 Å². The zero-order chi connectivity index (χ0) is 24.0. The molecule has 180 valence electrons. The molecule has 2 aliphatic rings. The van der Waals surface area contributed by atoms with Crippen LogP contribution in [0.1, 0.15) is 29.5 Å². The summed E-state index contributed by atoms with van der Waals surface area (Å²) in [5.41, 5.74) is -5.32. The molecule has 0 saturated heterocycles. The van der Waals surface area contributed by atoms with Gasteiger partial charge in [-0.05, 0) is 0 Å². The van der Waals surface area contributed by atoms with Crippen LogP contribution in [0.3, 0.4) is 0 Å². The summed E-state index contributed by atoms with van der Waals surface area (Å²) in [5.74, 6) is 0.766. The molecule has 1 amide bonds. The molecule has 0 spiro atoms. The number of halogens is 7. The van der Waals surface area contributed by atoms with Gasteiger partial charge in [-0.3, -0.25) is 0 Å². The maximum absolute atomic E-state index is 13.3. The van der Waals surface area contributed by atoms with Crippen LogP contribution in [0.2, 0.25) is 0 Å². The van der Waals surface area contributed by atoms with Gasteiger partial charge in [-0.25, -0.2) is 0 Å². The number of hydrogen-bond acceptors (Lipinski definition) is 4. The van der Waals surface area contributed by atoms with Gasteiger partial charge in [0.05, 0.1) is 0 Å².